The van der Waals surface area contributed by atoms with Gasteiger partial charge in [0.1, 0.15) is 11.5 Å². The lowest BCUT2D eigenvalue weighted by molar-refractivity contribution is 0.251. The fourth-order valence-corrected chi connectivity index (χ4v) is 2.17. The molecule has 2 amide bonds. The summed E-state index contributed by atoms with van der Waals surface area (Å²) >= 11 is 3.35. The van der Waals surface area contributed by atoms with Crippen molar-refractivity contribution < 1.29 is 14.3 Å². The van der Waals surface area contributed by atoms with Gasteiger partial charge in [-0.1, -0.05) is 15.9 Å². The first-order valence-electron chi connectivity index (χ1n) is 6.63. The Kier molecular flexibility index (Phi) is 5.66. The van der Waals surface area contributed by atoms with E-state index in [-0.39, 0.29) is 6.03 Å². The second-order valence-electron chi connectivity index (χ2n) is 4.49. The first kappa shape index (κ1) is 16.2. The molecular weight excluding hydrogens is 348 g/mol. The Balaban J connectivity index is 1.97. The van der Waals surface area contributed by atoms with Crippen LogP contribution in [-0.4, -0.2) is 20.3 Å². The van der Waals surface area contributed by atoms with Crippen molar-refractivity contribution in [2.75, 3.05) is 19.5 Å². The van der Waals surface area contributed by atoms with E-state index in [1.807, 2.05) is 42.5 Å². The zero-order valence-electron chi connectivity index (χ0n) is 12.4. The van der Waals surface area contributed by atoms with Crippen molar-refractivity contribution in [1.29, 1.82) is 0 Å². The summed E-state index contributed by atoms with van der Waals surface area (Å²) in [6.45, 7) is 0.336. The van der Waals surface area contributed by atoms with Gasteiger partial charge < -0.3 is 20.1 Å². The van der Waals surface area contributed by atoms with Crippen molar-refractivity contribution in [3.8, 4) is 11.5 Å². The molecule has 0 bridgehead atoms. The lowest BCUT2D eigenvalue weighted by Crippen LogP contribution is -2.28. The number of urea groups is 1. The van der Waals surface area contributed by atoms with E-state index in [0.29, 0.717) is 18.0 Å². The Labute approximate surface area is 137 Å². The lowest BCUT2D eigenvalue weighted by atomic mass is 10.2. The van der Waals surface area contributed by atoms with Crippen molar-refractivity contribution in [2.45, 2.75) is 6.54 Å². The molecule has 0 aliphatic rings. The quantitative estimate of drug-likeness (QED) is 0.848. The van der Waals surface area contributed by atoms with Gasteiger partial charge in [-0.05, 0) is 42.5 Å². The highest BCUT2D eigenvalue weighted by Crippen LogP contribution is 2.23. The average molecular weight is 365 g/mol. The summed E-state index contributed by atoms with van der Waals surface area (Å²) in [7, 11) is 3.19. The van der Waals surface area contributed by atoms with E-state index in [1.165, 1.54) is 0 Å². The molecule has 0 aliphatic heterocycles. The van der Waals surface area contributed by atoms with E-state index >= 15 is 0 Å². The summed E-state index contributed by atoms with van der Waals surface area (Å²) in [5.41, 5.74) is 1.56. The normalized spacial score (nSPS) is 9.95. The van der Waals surface area contributed by atoms with Crippen LogP contribution in [0.25, 0.3) is 0 Å². The monoisotopic (exact) mass is 364 g/mol. The number of ether oxygens (including phenoxy) is 2. The molecule has 0 aromatic heterocycles. The average Bonchev–Trinajstić information content (AvgIpc) is 2.54. The minimum absolute atomic E-state index is 0.285. The van der Waals surface area contributed by atoms with Gasteiger partial charge in [-0.25, -0.2) is 4.79 Å². The highest BCUT2D eigenvalue weighted by atomic mass is 79.9. The summed E-state index contributed by atoms with van der Waals surface area (Å²) in [5, 5.41) is 5.55. The van der Waals surface area contributed by atoms with E-state index in [0.717, 1.165) is 15.7 Å². The van der Waals surface area contributed by atoms with Gasteiger partial charge in [0.05, 0.1) is 14.2 Å². The lowest BCUT2D eigenvalue weighted by Gasteiger charge is -2.12. The van der Waals surface area contributed by atoms with Gasteiger partial charge in [0.25, 0.3) is 0 Å². The fourth-order valence-electron chi connectivity index (χ4n) is 1.90. The maximum Gasteiger partial charge on any atom is 0.319 e. The summed E-state index contributed by atoms with van der Waals surface area (Å²) in [6, 6.07) is 12.5. The third kappa shape index (κ3) is 4.39. The molecule has 2 N–H and O–H groups in total. The van der Waals surface area contributed by atoms with Crippen LogP contribution in [0.1, 0.15) is 5.56 Å². The molecule has 0 saturated carbocycles. The molecule has 0 fully saturated rings. The standard InChI is InChI=1S/C16H17BrN2O3/c1-21-14-7-8-15(22-2)11(9-14)10-18-16(20)19-13-5-3-12(17)4-6-13/h3-9H,10H2,1-2H3,(H2,18,19,20). The van der Waals surface area contributed by atoms with E-state index < -0.39 is 0 Å². The minimum Gasteiger partial charge on any atom is -0.497 e. The first-order chi connectivity index (χ1) is 10.6. The third-order valence-electron chi connectivity index (χ3n) is 3.03. The minimum atomic E-state index is -0.285. The van der Waals surface area contributed by atoms with Crippen molar-refractivity contribution >= 4 is 27.6 Å². The van der Waals surface area contributed by atoms with Gasteiger partial charge in [0.2, 0.25) is 0 Å². The Morgan fingerprint density at radius 1 is 1.09 bits per heavy atom. The zero-order chi connectivity index (χ0) is 15.9. The number of nitrogens with one attached hydrogen (secondary N) is 2. The molecule has 0 radical (unpaired) electrons. The van der Waals surface area contributed by atoms with Crippen LogP contribution in [0.3, 0.4) is 0 Å². The van der Waals surface area contributed by atoms with Crippen LogP contribution in [0.15, 0.2) is 46.9 Å². The summed E-state index contributed by atoms with van der Waals surface area (Å²) in [4.78, 5) is 11.9. The Bertz CT molecular complexity index is 644. The summed E-state index contributed by atoms with van der Waals surface area (Å²) in [5.74, 6) is 1.41. The van der Waals surface area contributed by atoms with Crippen molar-refractivity contribution in [1.82, 2.24) is 5.32 Å². The predicted octanol–water partition coefficient (Wildman–Crippen LogP) is 3.79. The number of benzene rings is 2. The van der Waals surface area contributed by atoms with E-state index in [9.17, 15) is 4.79 Å². The maximum atomic E-state index is 11.9. The second-order valence-corrected chi connectivity index (χ2v) is 5.41. The van der Waals surface area contributed by atoms with E-state index in [1.54, 1.807) is 14.2 Å². The Morgan fingerprint density at radius 2 is 1.82 bits per heavy atom. The molecule has 2 rings (SSSR count). The summed E-state index contributed by atoms with van der Waals surface area (Å²) < 4.78 is 11.4. The molecule has 0 atom stereocenters. The molecule has 0 saturated heterocycles. The highest BCUT2D eigenvalue weighted by Gasteiger charge is 2.07. The molecule has 2 aromatic rings. The molecule has 5 nitrogen and oxygen atoms in total. The number of hydrogen-bond donors (Lipinski definition) is 2. The number of rotatable bonds is 5. The van der Waals surface area contributed by atoms with Gasteiger partial charge in [0.15, 0.2) is 0 Å². The molecule has 0 spiro atoms. The van der Waals surface area contributed by atoms with Gasteiger partial charge in [0, 0.05) is 22.3 Å². The molecular formula is C16H17BrN2O3. The predicted molar refractivity (Wildman–Crippen MR) is 89.5 cm³/mol. The number of carbonyl (C=O) groups is 1. The second kappa shape index (κ2) is 7.70. The number of methoxy groups -OCH3 is 2. The number of hydrogen-bond acceptors (Lipinski definition) is 3. The third-order valence-corrected chi connectivity index (χ3v) is 3.56. The largest absolute Gasteiger partial charge is 0.497 e. The molecule has 116 valence electrons. The van der Waals surface area contributed by atoms with Gasteiger partial charge in [-0.2, -0.15) is 0 Å². The topological polar surface area (TPSA) is 59.6 Å². The number of anilines is 1. The highest BCUT2D eigenvalue weighted by molar-refractivity contribution is 9.10. The number of carbonyl (C=O) groups excluding carboxylic acids is 1. The zero-order valence-corrected chi connectivity index (χ0v) is 13.9. The van der Waals surface area contributed by atoms with Crippen LogP contribution in [0.4, 0.5) is 10.5 Å². The number of halogens is 1. The molecule has 0 heterocycles. The fraction of sp³-hybridized carbons (Fsp3) is 0.188. The molecule has 0 aliphatic carbocycles. The van der Waals surface area contributed by atoms with Crippen LogP contribution in [0.2, 0.25) is 0 Å². The van der Waals surface area contributed by atoms with Gasteiger partial charge >= 0.3 is 6.03 Å². The Hall–Kier alpha value is -2.21. The maximum absolute atomic E-state index is 11.9. The smallest absolute Gasteiger partial charge is 0.319 e. The van der Waals surface area contributed by atoms with Crippen LogP contribution in [-0.2, 0) is 6.54 Å². The summed E-state index contributed by atoms with van der Waals surface area (Å²) in [6.07, 6.45) is 0. The van der Waals surface area contributed by atoms with Crippen LogP contribution < -0.4 is 20.1 Å². The van der Waals surface area contributed by atoms with E-state index in [2.05, 4.69) is 26.6 Å². The molecule has 6 heteroatoms. The molecule has 0 unspecified atom stereocenters. The SMILES string of the molecule is COc1ccc(OC)c(CNC(=O)Nc2ccc(Br)cc2)c1. The molecule has 22 heavy (non-hydrogen) atoms. The molecule has 2 aromatic carbocycles. The van der Waals surface area contributed by atoms with Crippen molar-refractivity contribution in [3.63, 3.8) is 0 Å². The number of amides is 2. The van der Waals surface area contributed by atoms with Crippen molar-refractivity contribution in [3.05, 3.63) is 52.5 Å². The van der Waals surface area contributed by atoms with Gasteiger partial charge in [-0.3, -0.25) is 0 Å². The van der Waals surface area contributed by atoms with E-state index in [4.69, 9.17) is 9.47 Å². The van der Waals surface area contributed by atoms with Crippen LogP contribution in [0.5, 0.6) is 11.5 Å². The Morgan fingerprint density at radius 3 is 2.45 bits per heavy atom. The van der Waals surface area contributed by atoms with Crippen molar-refractivity contribution in [2.24, 2.45) is 0 Å². The van der Waals surface area contributed by atoms with Crippen LogP contribution in [0, 0.1) is 0 Å². The first-order valence-corrected chi connectivity index (χ1v) is 7.43. The van der Waals surface area contributed by atoms with Gasteiger partial charge in [-0.15, -0.1) is 0 Å². The van der Waals surface area contributed by atoms with Crippen LogP contribution >= 0.6 is 15.9 Å².